The van der Waals surface area contributed by atoms with Crippen molar-refractivity contribution in [2.75, 3.05) is 6.61 Å². The Hall–Kier alpha value is -2.58. The van der Waals surface area contributed by atoms with Crippen molar-refractivity contribution in [2.45, 2.75) is 30.4 Å². The maximum atomic E-state index is 13.7. The molecule has 3 nitrogen and oxygen atoms in total. The van der Waals surface area contributed by atoms with Crippen molar-refractivity contribution in [1.82, 2.24) is 0 Å². The van der Waals surface area contributed by atoms with E-state index in [2.05, 4.69) is 25.7 Å². The van der Waals surface area contributed by atoms with Gasteiger partial charge in [-0.25, -0.2) is 8.78 Å². The van der Waals surface area contributed by atoms with Gasteiger partial charge in [-0.1, -0.05) is 15.9 Å². The summed E-state index contributed by atoms with van der Waals surface area (Å²) in [4.78, 5) is 3.56. The average Bonchev–Trinajstić information content (AvgIpc) is 2.72. The molecular weight excluding hydrogens is 563 g/mol. The van der Waals surface area contributed by atoms with Crippen molar-refractivity contribution in [2.24, 2.45) is 4.99 Å². The fraction of sp³-hybridized carbons (Fsp3) is 0.316. The van der Waals surface area contributed by atoms with Crippen LogP contribution in [0.2, 0.25) is 0 Å². The molecule has 0 aromatic heterocycles. The molecule has 0 fully saturated rings. The lowest BCUT2D eigenvalue weighted by atomic mass is 10.1. The van der Waals surface area contributed by atoms with Crippen LogP contribution >= 0.6 is 15.9 Å². The van der Waals surface area contributed by atoms with Gasteiger partial charge in [0.25, 0.3) is 0 Å². The third-order valence-corrected chi connectivity index (χ3v) is 4.67. The van der Waals surface area contributed by atoms with E-state index in [-0.39, 0.29) is 11.6 Å². The van der Waals surface area contributed by atoms with Gasteiger partial charge >= 0.3 is 30.4 Å². The van der Waals surface area contributed by atoms with Gasteiger partial charge in [0, 0.05) is 16.3 Å². The predicted octanol–water partition coefficient (Wildman–Crippen LogP) is 7.47. The Morgan fingerprint density at radius 1 is 0.941 bits per heavy atom. The molecule has 0 saturated heterocycles. The minimum atomic E-state index is -6.56. The Balaban J connectivity index is 2.43. The lowest BCUT2D eigenvalue weighted by molar-refractivity contribution is -0.342. The Kier molecular flexibility index (Phi) is 7.80. The Labute approximate surface area is 192 Å². The highest BCUT2D eigenvalue weighted by molar-refractivity contribution is 9.10. The lowest BCUT2D eigenvalue weighted by Crippen LogP contribution is -2.59. The second-order valence-electron chi connectivity index (χ2n) is 6.63. The molecule has 1 N–H and O–H groups in total. The topological polar surface area (TPSA) is 41.8 Å². The molecule has 0 aliphatic rings. The Morgan fingerprint density at radius 2 is 1.56 bits per heavy atom. The number of ether oxygens (including phenoxy) is 1. The van der Waals surface area contributed by atoms with E-state index in [9.17, 15) is 53.4 Å². The summed E-state index contributed by atoms with van der Waals surface area (Å²) in [7, 11) is 0. The molecule has 2 aromatic carbocycles. The smallest absolute Gasteiger partial charge is 0.416 e. The first-order chi connectivity index (χ1) is 15.4. The average molecular weight is 574 g/mol. The van der Waals surface area contributed by atoms with E-state index in [4.69, 9.17) is 0 Å². The number of phenolic OH excluding ortho intramolecular Hbond substituents is 1. The van der Waals surface area contributed by atoms with Crippen LogP contribution in [0.3, 0.4) is 0 Å². The van der Waals surface area contributed by atoms with Gasteiger partial charge in [-0.05, 0) is 36.4 Å². The molecule has 0 spiro atoms. The van der Waals surface area contributed by atoms with Crippen molar-refractivity contribution >= 4 is 27.8 Å². The molecule has 34 heavy (non-hydrogen) atoms. The minimum Gasteiger partial charge on any atom is -0.507 e. The molecular formula is C19H11BrF11NO2. The first-order valence-corrected chi connectivity index (χ1v) is 9.47. The molecule has 15 heteroatoms. The highest BCUT2D eigenvalue weighted by Crippen LogP contribution is 2.49. The van der Waals surface area contributed by atoms with Gasteiger partial charge in [-0.15, -0.1) is 0 Å². The van der Waals surface area contributed by atoms with Crippen LogP contribution in [0.1, 0.15) is 11.1 Å². The van der Waals surface area contributed by atoms with E-state index < -0.39 is 59.7 Å². The maximum absolute atomic E-state index is 13.7. The molecule has 0 aliphatic carbocycles. The standard InChI is InChI=1S/C19H11BrF11NO2/c20-11-2-3-13(33)9(5-11)7-32-12-6-10(18(27,28)29)1-4-14(12)34-8-16(23,24)19(30,31)17(25,26)15(21)22/h1-7,15,33H,8H2. The fourth-order valence-electron chi connectivity index (χ4n) is 2.32. The number of phenols is 1. The molecule has 0 bridgehead atoms. The van der Waals surface area contributed by atoms with E-state index in [0.29, 0.717) is 16.6 Å². The number of aromatic hydroxyl groups is 1. The van der Waals surface area contributed by atoms with E-state index in [0.717, 1.165) is 6.21 Å². The van der Waals surface area contributed by atoms with Crippen LogP contribution < -0.4 is 4.74 Å². The monoisotopic (exact) mass is 573 g/mol. The number of halogens is 12. The quantitative estimate of drug-likeness (QED) is 0.263. The first-order valence-electron chi connectivity index (χ1n) is 8.68. The molecule has 0 heterocycles. The molecule has 0 saturated carbocycles. The molecule has 0 amide bonds. The zero-order valence-electron chi connectivity index (χ0n) is 16.2. The summed E-state index contributed by atoms with van der Waals surface area (Å²) in [6, 6.07) is 4.79. The van der Waals surface area contributed by atoms with Crippen LogP contribution in [0.5, 0.6) is 11.5 Å². The maximum Gasteiger partial charge on any atom is 0.416 e. The summed E-state index contributed by atoms with van der Waals surface area (Å²) in [6.45, 7) is -2.60. The third-order valence-electron chi connectivity index (χ3n) is 4.18. The van der Waals surface area contributed by atoms with Crippen LogP contribution in [0.15, 0.2) is 45.9 Å². The van der Waals surface area contributed by atoms with E-state index in [1.54, 1.807) is 0 Å². The highest BCUT2D eigenvalue weighted by Gasteiger charge is 2.75. The largest absolute Gasteiger partial charge is 0.507 e. The number of alkyl halides is 11. The Bertz CT molecular complexity index is 1060. The lowest BCUT2D eigenvalue weighted by Gasteiger charge is -2.32. The van der Waals surface area contributed by atoms with Crippen LogP contribution in [-0.4, -0.2) is 42.1 Å². The number of aliphatic imine (C=N–C) groups is 1. The number of nitrogens with zero attached hydrogens (tertiary/aromatic N) is 1. The minimum absolute atomic E-state index is 0.0776. The predicted molar refractivity (Wildman–Crippen MR) is 101 cm³/mol. The SMILES string of the molecule is Oc1ccc(Br)cc1C=Nc1cc(C(F)(F)F)ccc1OCC(F)(F)C(F)(F)C(F)(F)C(F)F. The zero-order valence-corrected chi connectivity index (χ0v) is 17.8. The molecule has 0 unspecified atom stereocenters. The molecule has 0 atom stereocenters. The number of hydrogen-bond acceptors (Lipinski definition) is 3. The summed E-state index contributed by atoms with van der Waals surface area (Å²) < 4.78 is 148. The third kappa shape index (κ3) is 5.73. The zero-order chi connectivity index (χ0) is 26.1. The van der Waals surface area contributed by atoms with Crippen LogP contribution in [0.25, 0.3) is 0 Å². The summed E-state index contributed by atoms with van der Waals surface area (Å²) in [5.74, 6) is -20.2. The summed E-state index contributed by atoms with van der Waals surface area (Å²) in [6.07, 6.45) is -9.32. The van der Waals surface area contributed by atoms with Crippen LogP contribution in [0, 0.1) is 0 Å². The normalized spacial score (nSPS) is 13.7. The van der Waals surface area contributed by atoms with Crippen molar-refractivity contribution in [1.29, 1.82) is 0 Å². The van der Waals surface area contributed by atoms with Crippen LogP contribution in [0.4, 0.5) is 54.0 Å². The molecule has 2 aromatic rings. The summed E-state index contributed by atoms with van der Waals surface area (Å²) >= 11 is 3.05. The van der Waals surface area contributed by atoms with E-state index >= 15 is 0 Å². The van der Waals surface area contributed by atoms with Gasteiger partial charge in [0.1, 0.15) is 17.2 Å². The van der Waals surface area contributed by atoms with Gasteiger partial charge in [-0.2, -0.15) is 39.5 Å². The van der Waals surface area contributed by atoms with Gasteiger partial charge in [0.2, 0.25) is 0 Å². The fourth-order valence-corrected chi connectivity index (χ4v) is 2.70. The summed E-state index contributed by atoms with van der Waals surface area (Å²) in [5.41, 5.74) is -2.31. The summed E-state index contributed by atoms with van der Waals surface area (Å²) in [5, 5.41) is 9.75. The van der Waals surface area contributed by atoms with Crippen molar-refractivity contribution in [3.63, 3.8) is 0 Å². The first kappa shape index (κ1) is 27.7. The van der Waals surface area contributed by atoms with Gasteiger partial charge < -0.3 is 9.84 Å². The molecule has 0 radical (unpaired) electrons. The van der Waals surface area contributed by atoms with E-state index in [1.807, 2.05) is 0 Å². The Morgan fingerprint density at radius 3 is 2.12 bits per heavy atom. The molecule has 0 aliphatic heterocycles. The van der Waals surface area contributed by atoms with Crippen LogP contribution in [-0.2, 0) is 6.18 Å². The van der Waals surface area contributed by atoms with Crippen molar-refractivity contribution < 1.29 is 58.1 Å². The van der Waals surface area contributed by atoms with E-state index in [1.165, 1.54) is 18.2 Å². The van der Waals surface area contributed by atoms with Gasteiger partial charge in [0.15, 0.2) is 6.61 Å². The second-order valence-corrected chi connectivity index (χ2v) is 7.55. The number of rotatable bonds is 8. The van der Waals surface area contributed by atoms with Gasteiger partial charge in [0.05, 0.1) is 5.56 Å². The molecule has 2 rings (SSSR count). The van der Waals surface area contributed by atoms with Crippen molar-refractivity contribution in [3.05, 3.63) is 52.0 Å². The number of hydrogen-bond donors (Lipinski definition) is 1. The second kappa shape index (κ2) is 9.58. The molecule has 188 valence electrons. The number of benzene rings is 2. The van der Waals surface area contributed by atoms with Crippen molar-refractivity contribution in [3.8, 4) is 11.5 Å². The highest BCUT2D eigenvalue weighted by atomic mass is 79.9. The van der Waals surface area contributed by atoms with Gasteiger partial charge in [-0.3, -0.25) is 4.99 Å².